The van der Waals surface area contributed by atoms with E-state index in [1.54, 1.807) is 26.4 Å². The second-order valence-corrected chi connectivity index (χ2v) is 10.2. The first kappa shape index (κ1) is 31.8. The molecule has 0 aliphatic carbocycles. The predicted octanol–water partition coefficient (Wildman–Crippen LogP) is 8.09. The van der Waals surface area contributed by atoms with Gasteiger partial charge in [0.2, 0.25) is 0 Å². The van der Waals surface area contributed by atoms with Crippen molar-refractivity contribution in [1.82, 2.24) is 0 Å². The Hall–Kier alpha value is -4.17. The molecule has 0 aromatic heterocycles. The highest BCUT2D eigenvalue weighted by Crippen LogP contribution is 2.30. The number of benzene rings is 4. The van der Waals surface area contributed by atoms with Crippen LogP contribution in [0.25, 0.3) is 11.1 Å². The molecule has 0 bridgehead atoms. The highest BCUT2D eigenvalue weighted by molar-refractivity contribution is 5.75. The Morgan fingerprint density at radius 3 is 2.16 bits per heavy atom. The van der Waals surface area contributed by atoms with Gasteiger partial charge >= 0.3 is 0 Å². The minimum atomic E-state index is 0.141. The van der Waals surface area contributed by atoms with Crippen molar-refractivity contribution in [3.63, 3.8) is 0 Å². The molecular weight excluding hydrogens is 544 g/mol. The van der Waals surface area contributed by atoms with Gasteiger partial charge in [0.15, 0.2) is 6.79 Å². The molecule has 0 spiro atoms. The number of ether oxygens (including phenoxy) is 6. The third kappa shape index (κ3) is 10.3. The van der Waals surface area contributed by atoms with Gasteiger partial charge in [-0.3, -0.25) is 4.79 Å². The highest BCUT2D eigenvalue weighted by Gasteiger charge is 2.09. The summed E-state index contributed by atoms with van der Waals surface area (Å²) >= 11 is 0. The fourth-order valence-electron chi connectivity index (χ4n) is 4.60. The van der Waals surface area contributed by atoms with Crippen LogP contribution in [-0.4, -0.2) is 46.8 Å². The highest BCUT2D eigenvalue weighted by atomic mass is 16.7. The second-order valence-electron chi connectivity index (χ2n) is 10.2. The smallest absolute Gasteiger partial charge is 0.188 e. The van der Waals surface area contributed by atoms with Crippen LogP contribution < -0.4 is 14.2 Å². The molecule has 0 heterocycles. The summed E-state index contributed by atoms with van der Waals surface area (Å²) in [7, 11) is 3.21. The lowest BCUT2D eigenvalue weighted by atomic mass is 10.0. The van der Waals surface area contributed by atoms with Gasteiger partial charge in [-0.1, -0.05) is 36.4 Å². The van der Waals surface area contributed by atoms with Crippen LogP contribution in [0, 0.1) is 0 Å². The molecule has 4 aromatic rings. The molecule has 4 aromatic carbocycles. The molecule has 0 aliphatic heterocycles. The maximum absolute atomic E-state index is 11.3. The quantitative estimate of drug-likeness (QED) is 0.0665. The normalized spacial score (nSPS) is 11.6. The lowest BCUT2D eigenvalue weighted by Crippen LogP contribution is -2.10. The van der Waals surface area contributed by atoms with Gasteiger partial charge in [0.25, 0.3) is 0 Å². The van der Waals surface area contributed by atoms with Crippen molar-refractivity contribution < 1.29 is 33.2 Å². The molecule has 0 saturated carbocycles. The number of rotatable bonds is 18. The summed E-state index contributed by atoms with van der Waals surface area (Å²) in [5.41, 5.74) is 4.69. The minimum Gasteiger partial charge on any atom is -0.494 e. The molecule has 0 amide bonds. The summed E-state index contributed by atoms with van der Waals surface area (Å²) in [6.45, 7) is 3.19. The van der Waals surface area contributed by atoms with Gasteiger partial charge < -0.3 is 28.4 Å². The van der Waals surface area contributed by atoms with E-state index in [4.69, 9.17) is 28.4 Å². The molecule has 4 rings (SSSR count). The Morgan fingerprint density at radius 2 is 1.44 bits per heavy atom. The van der Waals surface area contributed by atoms with E-state index in [-0.39, 0.29) is 12.9 Å². The number of carbonyl (C=O) groups excluding carboxylic acids is 1. The molecule has 0 N–H and O–H groups in total. The summed E-state index contributed by atoms with van der Waals surface area (Å²) in [5, 5.41) is 0. The van der Waals surface area contributed by atoms with Crippen LogP contribution in [0.1, 0.15) is 47.7 Å². The van der Waals surface area contributed by atoms with Crippen LogP contribution in [0.2, 0.25) is 0 Å². The van der Waals surface area contributed by atoms with E-state index >= 15 is 0 Å². The predicted molar refractivity (Wildman–Crippen MR) is 167 cm³/mol. The van der Waals surface area contributed by atoms with E-state index in [1.807, 2.05) is 60.7 Å². The van der Waals surface area contributed by atoms with E-state index in [1.165, 1.54) is 0 Å². The van der Waals surface area contributed by atoms with Crippen LogP contribution in [-0.2, 0) is 20.6 Å². The second kappa shape index (κ2) is 17.1. The van der Waals surface area contributed by atoms with E-state index in [2.05, 4.69) is 25.1 Å². The van der Waals surface area contributed by atoms with Crippen LogP contribution in [0.3, 0.4) is 0 Å². The number of unbranched alkanes of at least 4 members (excludes halogenated alkanes) is 1. The zero-order valence-electron chi connectivity index (χ0n) is 25.1. The fourth-order valence-corrected chi connectivity index (χ4v) is 4.60. The number of aldehydes is 1. The zero-order valence-corrected chi connectivity index (χ0v) is 25.1. The Kier molecular flexibility index (Phi) is 12.6. The van der Waals surface area contributed by atoms with Crippen molar-refractivity contribution >= 4 is 6.29 Å². The van der Waals surface area contributed by atoms with Crippen molar-refractivity contribution in [3.05, 3.63) is 108 Å². The monoisotopic (exact) mass is 584 g/mol. The average Bonchev–Trinajstić information content (AvgIpc) is 3.04. The topological polar surface area (TPSA) is 72.5 Å². The molecule has 226 valence electrons. The molecule has 1 atom stereocenters. The summed E-state index contributed by atoms with van der Waals surface area (Å²) in [6.07, 6.45) is 4.59. The van der Waals surface area contributed by atoms with E-state index in [9.17, 15) is 4.79 Å². The Balaban J connectivity index is 1.33. The Labute approximate surface area is 254 Å². The van der Waals surface area contributed by atoms with Crippen LogP contribution in [0.5, 0.6) is 23.0 Å². The summed E-state index contributed by atoms with van der Waals surface area (Å²) in [4.78, 5) is 11.3. The first-order valence-electron chi connectivity index (χ1n) is 14.5. The maximum Gasteiger partial charge on any atom is 0.188 e. The van der Waals surface area contributed by atoms with Crippen molar-refractivity contribution in [2.24, 2.45) is 0 Å². The van der Waals surface area contributed by atoms with Gasteiger partial charge in [0, 0.05) is 26.2 Å². The molecule has 0 saturated heterocycles. The standard InChI is InChI=1S/C36H40O7/c1-27(41-25-38-2)8-4-5-19-40-34-11-6-9-30(22-34)31-10-7-12-35(23-31)43-33-16-13-28(14-17-33)20-32-21-29(24-37)15-18-36(32)42-26-39-3/h6-7,9-18,21-24,27H,4-5,8,19-20,25-26H2,1-3H3. The SMILES string of the molecule is COCOc1ccc(C=O)cc1Cc1ccc(Oc2cccc(-c3cccc(OCCCCC(C)OCOC)c3)c2)cc1. The average molecular weight is 585 g/mol. The van der Waals surface area contributed by atoms with Crippen molar-refractivity contribution in [1.29, 1.82) is 0 Å². The molecule has 43 heavy (non-hydrogen) atoms. The molecule has 7 nitrogen and oxygen atoms in total. The first-order valence-corrected chi connectivity index (χ1v) is 14.5. The van der Waals surface area contributed by atoms with Gasteiger partial charge in [-0.05, 0) is 103 Å². The Bertz CT molecular complexity index is 1420. The molecule has 7 heteroatoms. The lowest BCUT2D eigenvalue weighted by Gasteiger charge is -2.13. The largest absolute Gasteiger partial charge is 0.494 e. The molecule has 0 fully saturated rings. The molecular formula is C36H40O7. The van der Waals surface area contributed by atoms with Gasteiger partial charge in [0.05, 0.1) is 12.7 Å². The van der Waals surface area contributed by atoms with Crippen LogP contribution in [0.15, 0.2) is 91.0 Å². The van der Waals surface area contributed by atoms with Gasteiger partial charge in [-0.25, -0.2) is 0 Å². The lowest BCUT2D eigenvalue weighted by molar-refractivity contribution is -0.0680. The van der Waals surface area contributed by atoms with Gasteiger partial charge in [-0.2, -0.15) is 0 Å². The van der Waals surface area contributed by atoms with E-state index in [0.29, 0.717) is 31.1 Å². The summed E-state index contributed by atoms with van der Waals surface area (Å²) in [5.74, 6) is 3.02. The summed E-state index contributed by atoms with van der Waals surface area (Å²) < 4.78 is 33.4. The number of methoxy groups -OCH3 is 2. The van der Waals surface area contributed by atoms with Crippen LogP contribution >= 0.6 is 0 Å². The van der Waals surface area contributed by atoms with Crippen molar-refractivity contribution in [3.8, 4) is 34.1 Å². The zero-order chi connectivity index (χ0) is 30.3. The molecule has 0 radical (unpaired) electrons. The van der Waals surface area contributed by atoms with E-state index < -0.39 is 0 Å². The number of hydrogen-bond acceptors (Lipinski definition) is 7. The van der Waals surface area contributed by atoms with Crippen molar-refractivity contribution in [2.45, 2.75) is 38.7 Å². The maximum atomic E-state index is 11.3. The third-order valence-electron chi connectivity index (χ3n) is 6.85. The van der Waals surface area contributed by atoms with Gasteiger partial charge in [0.1, 0.15) is 36.1 Å². The number of hydrogen-bond donors (Lipinski definition) is 0. The minimum absolute atomic E-state index is 0.141. The fraction of sp³-hybridized carbons (Fsp3) is 0.306. The Morgan fingerprint density at radius 1 is 0.721 bits per heavy atom. The summed E-state index contributed by atoms with van der Waals surface area (Å²) in [6, 6.07) is 29.4. The first-order chi connectivity index (χ1) is 21.1. The van der Waals surface area contributed by atoms with E-state index in [0.717, 1.165) is 65.1 Å². The number of carbonyl (C=O) groups is 1. The van der Waals surface area contributed by atoms with Crippen molar-refractivity contribution in [2.75, 3.05) is 34.4 Å². The van der Waals surface area contributed by atoms with Gasteiger partial charge in [-0.15, -0.1) is 0 Å². The van der Waals surface area contributed by atoms with Crippen LogP contribution in [0.4, 0.5) is 0 Å². The molecule has 1 unspecified atom stereocenters. The third-order valence-corrected chi connectivity index (χ3v) is 6.85. The molecule has 0 aliphatic rings.